The van der Waals surface area contributed by atoms with Crippen molar-refractivity contribution >= 4 is 54.4 Å². The van der Waals surface area contributed by atoms with Crippen molar-refractivity contribution in [2.45, 2.75) is 51.4 Å². The number of rotatable bonds is 4. The molecule has 56 heavy (non-hydrogen) atoms. The SMILES string of the molecule is CC1(C)CCC(C)(C)c2cc3c(cc21)c1cc2c4ccccc4n(-c4nc(-c5ccccc5)nc(-c5ccc6ccccc6c5)n4)c2cc1n3-c1ccccc1. The number of benzene rings is 7. The Balaban J connectivity index is 1.25. The van der Waals surface area contributed by atoms with Crippen molar-refractivity contribution in [3.8, 4) is 34.4 Å². The highest BCUT2D eigenvalue weighted by atomic mass is 15.2. The summed E-state index contributed by atoms with van der Waals surface area (Å²) >= 11 is 0. The second-order valence-electron chi connectivity index (χ2n) is 16.8. The van der Waals surface area contributed by atoms with Gasteiger partial charge in [-0.3, -0.25) is 4.57 Å². The Labute approximate surface area is 325 Å². The summed E-state index contributed by atoms with van der Waals surface area (Å²) in [5.41, 5.74) is 10.7. The highest BCUT2D eigenvalue weighted by Crippen LogP contribution is 2.49. The maximum Gasteiger partial charge on any atom is 0.238 e. The van der Waals surface area contributed by atoms with Crippen molar-refractivity contribution in [2.75, 3.05) is 0 Å². The highest BCUT2D eigenvalue weighted by molar-refractivity contribution is 6.19. The summed E-state index contributed by atoms with van der Waals surface area (Å²) in [5.74, 6) is 1.87. The van der Waals surface area contributed by atoms with Gasteiger partial charge in [-0.2, -0.15) is 9.97 Å². The van der Waals surface area contributed by atoms with E-state index in [1.165, 1.54) is 56.4 Å². The summed E-state index contributed by atoms with van der Waals surface area (Å²) in [5, 5.41) is 7.21. The molecule has 0 radical (unpaired) electrons. The van der Waals surface area contributed by atoms with Gasteiger partial charge in [-0.25, -0.2) is 4.98 Å². The van der Waals surface area contributed by atoms with E-state index in [-0.39, 0.29) is 10.8 Å². The lowest BCUT2D eigenvalue weighted by atomic mass is 9.63. The van der Waals surface area contributed by atoms with Gasteiger partial charge in [0.05, 0.1) is 22.1 Å². The molecule has 0 saturated carbocycles. The van der Waals surface area contributed by atoms with Gasteiger partial charge in [0, 0.05) is 38.4 Å². The molecule has 0 bridgehead atoms. The zero-order valence-electron chi connectivity index (χ0n) is 32.1. The number of hydrogen-bond acceptors (Lipinski definition) is 3. The minimum absolute atomic E-state index is 0.0897. The van der Waals surface area contributed by atoms with Gasteiger partial charge in [-0.1, -0.05) is 131 Å². The molecule has 5 nitrogen and oxygen atoms in total. The Hall–Kier alpha value is -6.59. The van der Waals surface area contributed by atoms with Gasteiger partial charge in [-0.05, 0) is 94.1 Å². The molecule has 0 aliphatic heterocycles. The van der Waals surface area contributed by atoms with Crippen molar-refractivity contribution in [2.24, 2.45) is 0 Å². The van der Waals surface area contributed by atoms with Crippen LogP contribution in [0.15, 0.2) is 152 Å². The molecule has 3 heterocycles. The van der Waals surface area contributed by atoms with Crippen LogP contribution in [0.2, 0.25) is 0 Å². The quantitative estimate of drug-likeness (QED) is 0.182. The van der Waals surface area contributed by atoms with Crippen LogP contribution in [-0.4, -0.2) is 24.1 Å². The van der Waals surface area contributed by atoms with E-state index >= 15 is 0 Å². The average Bonchev–Trinajstić information content (AvgIpc) is 3.73. The molecule has 0 unspecified atom stereocenters. The Bertz CT molecular complexity index is 3190. The summed E-state index contributed by atoms with van der Waals surface area (Å²) in [6, 6.07) is 54.4. The molecule has 11 rings (SSSR count). The lowest BCUT2D eigenvalue weighted by Gasteiger charge is -2.42. The van der Waals surface area contributed by atoms with E-state index in [4.69, 9.17) is 15.0 Å². The van der Waals surface area contributed by atoms with E-state index in [1.54, 1.807) is 0 Å². The topological polar surface area (TPSA) is 48.5 Å². The first-order chi connectivity index (χ1) is 27.2. The minimum atomic E-state index is 0.0897. The fraction of sp³-hybridized carbons (Fsp3) is 0.157. The van der Waals surface area contributed by atoms with Crippen LogP contribution < -0.4 is 0 Å². The molecular weight excluding hydrogens is 683 g/mol. The van der Waals surface area contributed by atoms with E-state index < -0.39 is 0 Å². The number of fused-ring (bicyclic) bond motifs is 8. The fourth-order valence-electron chi connectivity index (χ4n) is 9.25. The lowest BCUT2D eigenvalue weighted by molar-refractivity contribution is 0.332. The standard InChI is InChI=1S/C51H41N5/c1-50(2)25-26-51(3,4)42-30-44-40(29-41(42)50)39-28-38-37-21-13-14-22-43(37)56(46(38)31-45(39)55(44)36-19-9-6-10-20-36)49-53-47(33-16-7-5-8-17-33)52-48(54-49)35-24-23-32-15-11-12-18-34(32)27-35/h5-24,27-31H,25-26H2,1-4H3. The number of para-hydroxylation sites is 2. The molecule has 10 aromatic rings. The molecule has 5 heteroatoms. The van der Waals surface area contributed by atoms with Crippen LogP contribution in [0, 0.1) is 0 Å². The van der Waals surface area contributed by atoms with Gasteiger partial charge in [-0.15, -0.1) is 0 Å². The largest absolute Gasteiger partial charge is 0.309 e. The van der Waals surface area contributed by atoms with E-state index in [0.717, 1.165) is 38.8 Å². The molecular formula is C51H41N5. The van der Waals surface area contributed by atoms with Crippen molar-refractivity contribution in [3.05, 3.63) is 163 Å². The van der Waals surface area contributed by atoms with Crippen LogP contribution in [0.5, 0.6) is 0 Å². The molecule has 3 aromatic heterocycles. The Morgan fingerprint density at radius 2 is 0.982 bits per heavy atom. The van der Waals surface area contributed by atoms with Crippen molar-refractivity contribution in [3.63, 3.8) is 0 Å². The fourth-order valence-corrected chi connectivity index (χ4v) is 9.25. The van der Waals surface area contributed by atoms with Crippen LogP contribution in [0.3, 0.4) is 0 Å². The molecule has 270 valence electrons. The van der Waals surface area contributed by atoms with Crippen molar-refractivity contribution < 1.29 is 0 Å². The van der Waals surface area contributed by atoms with Gasteiger partial charge in [0.15, 0.2) is 11.6 Å². The Morgan fingerprint density at radius 1 is 0.411 bits per heavy atom. The second-order valence-corrected chi connectivity index (χ2v) is 16.8. The Kier molecular flexibility index (Phi) is 7.00. The van der Waals surface area contributed by atoms with Crippen molar-refractivity contribution in [1.82, 2.24) is 24.1 Å². The monoisotopic (exact) mass is 723 g/mol. The van der Waals surface area contributed by atoms with E-state index in [1.807, 2.05) is 18.2 Å². The smallest absolute Gasteiger partial charge is 0.238 e. The summed E-state index contributed by atoms with van der Waals surface area (Å²) in [6.45, 7) is 9.66. The average molecular weight is 724 g/mol. The minimum Gasteiger partial charge on any atom is -0.309 e. The van der Waals surface area contributed by atoms with E-state index in [2.05, 4.69) is 170 Å². The number of hydrogen-bond donors (Lipinski definition) is 0. The summed E-state index contributed by atoms with van der Waals surface area (Å²) in [6.07, 6.45) is 2.34. The predicted octanol–water partition coefficient (Wildman–Crippen LogP) is 12.9. The molecule has 1 aliphatic rings. The van der Waals surface area contributed by atoms with Crippen LogP contribution in [0.4, 0.5) is 0 Å². The second kappa shape index (κ2) is 12.0. The maximum absolute atomic E-state index is 5.30. The highest BCUT2D eigenvalue weighted by Gasteiger charge is 2.38. The normalized spacial score (nSPS) is 14.9. The van der Waals surface area contributed by atoms with Crippen LogP contribution >= 0.6 is 0 Å². The van der Waals surface area contributed by atoms with Gasteiger partial charge in [0.25, 0.3) is 0 Å². The maximum atomic E-state index is 5.30. The summed E-state index contributed by atoms with van der Waals surface area (Å²) in [7, 11) is 0. The van der Waals surface area contributed by atoms with Gasteiger partial charge in [0.2, 0.25) is 5.95 Å². The first kappa shape index (κ1) is 32.8. The Morgan fingerprint density at radius 3 is 1.75 bits per heavy atom. The van der Waals surface area contributed by atoms with E-state index in [9.17, 15) is 0 Å². The van der Waals surface area contributed by atoms with Crippen LogP contribution in [0.25, 0.3) is 88.8 Å². The molecule has 0 atom stereocenters. The molecule has 7 aromatic carbocycles. The molecule has 0 amide bonds. The molecule has 0 saturated heterocycles. The number of aromatic nitrogens is 5. The van der Waals surface area contributed by atoms with Gasteiger partial charge < -0.3 is 4.57 Å². The zero-order chi connectivity index (χ0) is 37.8. The molecule has 0 N–H and O–H groups in total. The molecule has 1 aliphatic carbocycles. The predicted molar refractivity (Wildman–Crippen MR) is 232 cm³/mol. The third kappa shape index (κ3) is 4.97. The zero-order valence-corrected chi connectivity index (χ0v) is 32.1. The first-order valence-electron chi connectivity index (χ1n) is 19.7. The third-order valence-electron chi connectivity index (χ3n) is 12.4. The van der Waals surface area contributed by atoms with E-state index in [0.29, 0.717) is 17.6 Å². The van der Waals surface area contributed by atoms with Crippen molar-refractivity contribution in [1.29, 1.82) is 0 Å². The lowest BCUT2D eigenvalue weighted by Crippen LogP contribution is -2.33. The van der Waals surface area contributed by atoms with Crippen LogP contribution in [0.1, 0.15) is 51.7 Å². The first-order valence-corrected chi connectivity index (χ1v) is 19.7. The summed E-state index contributed by atoms with van der Waals surface area (Å²) < 4.78 is 4.71. The van der Waals surface area contributed by atoms with Crippen LogP contribution in [-0.2, 0) is 10.8 Å². The summed E-state index contributed by atoms with van der Waals surface area (Å²) in [4.78, 5) is 15.7. The van der Waals surface area contributed by atoms with Gasteiger partial charge in [0.1, 0.15) is 0 Å². The molecule has 0 fully saturated rings. The van der Waals surface area contributed by atoms with Gasteiger partial charge >= 0.3 is 0 Å². The number of nitrogens with zero attached hydrogens (tertiary/aromatic N) is 5. The third-order valence-corrected chi connectivity index (χ3v) is 12.4. The molecule has 0 spiro atoms.